The number of Topliss-reactive ketones (excluding diaryl/α,β-unsaturated/α-hetero) is 1. The molecule has 0 fully saturated rings. The molecule has 2 aromatic carbocycles. The predicted octanol–water partition coefficient (Wildman–Crippen LogP) is 2.75. The van der Waals surface area contributed by atoms with Crippen LogP contribution in [0.3, 0.4) is 0 Å². The van der Waals surface area contributed by atoms with E-state index < -0.39 is 15.5 Å². The van der Waals surface area contributed by atoms with Gasteiger partial charge in [0, 0.05) is 11.5 Å². The van der Waals surface area contributed by atoms with Crippen LogP contribution in [0.2, 0.25) is 0 Å². The molecule has 3 rings (SSSR count). The number of hydrogen-bond donors (Lipinski definition) is 1. The lowest BCUT2D eigenvalue weighted by Gasteiger charge is -2.12. The van der Waals surface area contributed by atoms with Crippen LogP contribution < -0.4 is 23.7 Å². The molecule has 7 nitrogen and oxygen atoms in total. The van der Waals surface area contributed by atoms with Crippen molar-refractivity contribution in [3.05, 3.63) is 73.1 Å². The first-order valence-electron chi connectivity index (χ1n) is 10.1. The normalized spacial score (nSPS) is 13.2. The van der Waals surface area contributed by atoms with Gasteiger partial charge in [-0.3, -0.25) is 9.59 Å². The number of carbonyl (C=O) groups excluding carboxylic acids is 1. The summed E-state index contributed by atoms with van der Waals surface area (Å²) in [5, 5.41) is 0. The first-order valence-corrected chi connectivity index (χ1v) is 12.3. The molecule has 9 heteroatoms. The van der Waals surface area contributed by atoms with Gasteiger partial charge in [0.15, 0.2) is 17.3 Å². The Morgan fingerprint density at radius 2 is 1.73 bits per heavy atom. The van der Waals surface area contributed by atoms with Gasteiger partial charge in [0.25, 0.3) is 5.56 Å². The molecule has 1 heterocycles. The van der Waals surface area contributed by atoms with Gasteiger partial charge in [-0.1, -0.05) is 44.5 Å². The maximum Gasteiger partial charge on any atom is 0.339 e. The Balaban J connectivity index is 1.94. The number of H-pyrrole nitrogens is 1. The van der Waals surface area contributed by atoms with Crippen molar-refractivity contribution in [2.24, 2.45) is 5.41 Å². The monoisotopic (exact) mass is 487 g/mol. The van der Waals surface area contributed by atoms with Gasteiger partial charge in [0.1, 0.15) is 4.90 Å². The van der Waals surface area contributed by atoms with Crippen LogP contribution >= 0.6 is 11.3 Å². The first kappa shape index (κ1) is 24.5. The molecule has 0 aliphatic rings. The van der Waals surface area contributed by atoms with Crippen molar-refractivity contribution in [1.82, 2.24) is 4.98 Å². The zero-order valence-electron chi connectivity index (χ0n) is 19.0. The van der Waals surface area contributed by atoms with E-state index in [0.717, 1.165) is 16.9 Å². The molecular formula is C24H25NO6S2. The Kier molecular flexibility index (Phi) is 6.94. The van der Waals surface area contributed by atoms with E-state index in [-0.39, 0.29) is 27.7 Å². The van der Waals surface area contributed by atoms with Gasteiger partial charge in [-0.25, -0.2) is 0 Å². The number of carbonyl (C=O) groups is 1. The summed E-state index contributed by atoms with van der Waals surface area (Å²) in [7, 11) is -2.64. The van der Waals surface area contributed by atoms with E-state index in [1.54, 1.807) is 51.1 Å². The zero-order chi connectivity index (χ0) is 24.4. The van der Waals surface area contributed by atoms with Gasteiger partial charge < -0.3 is 13.9 Å². The number of rotatable bonds is 6. The highest BCUT2D eigenvalue weighted by Crippen LogP contribution is 2.31. The standard InChI is InChI=1S/C24H25NO6S2/c1-15-6-9-17(10-7-15)33(28,29)31-18-11-8-16(12-19(18)30-5)13-20-23(27)25-22(32-20)14-21(26)24(2,3)4/h6-14H,1-5H3,(H,25,27). The molecule has 0 unspecified atom stereocenters. The Morgan fingerprint density at radius 1 is 1.06 bits per heavy atom. The molecule has 33 heavy (non-hydrogen) atoms. The Labute approximate surface area is 196 Å². The molecule has 174 valence electrons. The second-order valence-corrected chi connectivity index (χ2v) is 11.1. The molecule has 3 aromatic rings. The van der Waals surface area contributed by atoms with Crippen molar-refractivity contribution >= 4 is 39.4 Å². The number of aromatic nitrogens is 1. The summed E-state index contributed by atoms with van der Waals surface area (Å²) in [6.07, 6.45) is 3.06. The highest BCUT2D eigenvalue weighted by Gasteiger charge is 2.20. The zero-order valence-corrected chi connectivity index (χ0v) is 20.6. The fourth-order valence-corrected chi connectivity index (χ4v) is 4.55. The van der Waals surface area contributed by atoms with Crippen LogP contribution in [0.1, 0.15) is 31.9 Å². The van der Waals surface area contributed by atoms with Gasteiger partial charge in [-0.15, -0.1) is 11.3 Å². The SMILES string of the molecule is COc1cc(C=c2sc(=CC(=O)C(C)(C)C)[nH]c2=O)ccc1OS(=O)(=O)c1ccc(C)cc1. The minimum atomic E-state index is -4.04. The molecule has 0 atom stereocenters. The van der Waals surface area contributed by atoms with Gasteiger partial charge in [-0.05, 0) is 42.8 Å². The maximum atomic E-state index is 12.6. The molecule has 0 saturated heterocycles. The smallest absolute Gasteiger partial charge is 0.339 e. The van der Waals surface area contributed by atoms with Crippen molar-refractivity contribution in [2.75, 3.05) is 7.11 Å². The number of aromatic amines is 1. The van der Waals surface area contributed by atoms with Crippen molar-refractivity contribution in [3.8, 4) is 11.5 Å². The summed E-state index contributed by atoms with van der Waals surface area (Å²) in [5.41, 5.74) is 0.660. The molecular weight excluding hydrogens is 462 g/mol. The Hall–Kier alpha value is -3.17. The van der Waals surface area contributed by atoms with Crippen LogP contribution in [0, 0.1) is 12.3 Å². The molecule has 0 saturated carbocycles. The van der Waals surface area contributed by atoms with E-state index in [9.17, 15) is 18.0 Å². The van der Waals surface area contributed by atoms with Gasteiger partial charge in [0.2, 0.25) is 0 Å². The van der Waals surface area contributed by atoms with E-state index in [1.165, 1.54) is 31.4 Å². The molecule has 0 aliphatic carbocycles. The fourth-order valence-electron chi connectivity index (χ4n) is 2.73. The van der Waals surface area contributed by atoms with Crippen molar-refractivity contribution in [3.63, 3.8) is 0 Å². The second kappa shape index (κ2) is 9.36. The summed E-state index contributed by atoms with van der Waals surface area (Å²) in [6.45, 7) is 7.27. The third-order valence-corrected chi connectivity index (χ3v) is 6.89. The van der Waals surface area contributed by atoms with E-state index in [1.807, 2.05) is 6.92 Å². The minimum absolute atomic E-state index is 0.0279. The highest BCUT2D eigenvalue weighted by atomic mass is 32.2. The molecule has 0 aliphatic heterocycles. The second-order valence-electron chi connectivity index (χ2n) is 8.45. The lowest BCUT2D eigenvalue weighted by molar-refractivity contribution is -0.119. The summed E-state index contributed by atoms with van der Waals surface area (Å²) >= 11 is 1.16. The molecule has 0 spiro atoms. The number of ketones is 1. The number of aryl methyl sites for hydroxylation is 1. The molecule has 0 bridgehead atoms. The summed E-state index contributed by atoms with van der Waals surface area (Å²) < 4.78 is 36.7. The topological polar surface area (TPSA) is 103 Å². The van der Waals surface area contributed by atoms with E-state index in [0.29, 0.717) is 14.8 Å². The summed E-state index contributed by atoms with van der Waals surface area (Å²) in [6, 6.07) is 11.0. The van der Waals surface area contributed by atoms with Crippen LogP contribution in [0.25, 0.3) is 12.2 Å². The number of ether oxygens (including phenoxy) is 1. The largest absolute Gasteiger partial charge is 0.493 e. The first-order chi connectivity index (χ1) is 15.4. The quantitative estimate of drug-likeness (QED) is 0.537. The van der Waals surface area contributed by atoms with Crippen molar-refractivity contribution < 1.29 is 22.1 Å². The lowest BCUT2D eigenvalue weighted by atomic mass is 9.91. The molecule has 1 N–H and O–H groups in total. The average Bonchev–Trinajstić information content (AvgIpc) is 3.07. The Bertz CT molecular complexity index is 1460. The van der Waals surface area contributed by atoms with E-state index in [2.05, 4.69) is 4.98 Å². The number of methoxy groups -OCH3 is 1. The minimum Gasteiger partial charge on any atom is -0.493 e. The molecule has 0 amide bonds. The molecule has 1 aromatic heterocycles. The van der Waals surface area contributed by atoms with Crippen LogP contribution in [0.4, 0.5) is 0 Å². The third-order valence-electron chi connectivity index (χ3n) is 4.68. The average molecular weight is 488 g/mol. The van der Waals surface area contributed by atoms with Crippen LogP contribution in [-0.2, 0) is 14.9 Å². The third kappa shape index (κ3) is 6.00. The number of benzene rings is 2. The fraction of sp³-hybridized carbons (Fsp3) is 0.250. The van der Waals surface area contributed by atoms with Crippen LogP contribution in [0.15, 0.2) is 52.2 Å². The van der Waals surface area contributed by atoms with Gasteiger partial charge in [-0.2, -0.15) is 8.42 Å². The number of thiazole rings is 1. The van der Waals surface area contributed by atoms with Crippen LogP contribution in [-0.4, -0.2) is 26.3 Å². The van der Waals surface area contributed by atoms with Crippen LogP contribution in [0.5, 0.6) is 11.5 Å². The highest BCUT2D eigenvalue weighted by molar-refractivity contribution is 7.87. The molecule has 0 radical (unpaired) electrons. The number of hydrogen-bond acceptors (Lipinski definition) is 7. The predicted molar refractivity (Wildman–Crippen MR) is 129 cm³/mol. The van der Waals surface area contributed by atoms with Gasteiger partial charge in [0.05, 0.1) is 16.3 Å². The lowest BCUT2D eigenvalue weighted by Crippen LogP contribution is -2.22. The summed E-state index contributed by atoms with van der Waals surface area (Å²) in [5.74, 6) is 0.131. The summed E-state index contributed by atoms with van der Waals surface area (Å²) in [4.78, 5) is 27.2. The number of nitrogens with one attached hydrogen (secondary N) is 1. The van der Waals surface area contributed by atoms with E-state index in [4.69, 9.17) is 8.92 Å². The van der Waals surface area contributed by atoms with Crippen molar-refractivity contribution in [1.29, 1.82) is 0 Å². The van der Waals surface area contributed by atoms with E-state index >= 15 is 0 Å². The van der Waals surface area contributed by atoms with Crippen molar-refractivity contribution in [2.45, 2.75) is 32.6 Å². The maximum absolute atomic E-state index is 12.6. The van der Waals surface area contributed by atoms with Gasteiger partial charge >= 0.3 is 10.1 Å². The Morgan fingerprint density at radius 3 is 2.33 bits per heavy atom.